The Morgan fingerprint density at radius 2 is 1.47 bits per heavy atom. The summed E-state index contributed by atoms with van der Waals surface area (Å²) in [5, 5.41) is 11.8. The lowest BCUT2D eigenvalue weighted by molar-refractivity contribution is -0.138. The number of nitrogens with one attached hydrogen (secondary N) is 1. The Morgan fingerprint density at radius 3 is 2.00 bits per heavy atom. The van der Waals surface area contributed by atoms with E-state index >= 15 is 0 Å². The minimum Gasteiger partial charge on any atom is -0.481 e. The van der Waals surface area contributed by atoms with Gasteiger partial charge in [-0.2, -0.15) is 13.2 Å². The molecule has 0 spiro atoms. The molecule has 2 N–H and O–H groups in total. The highest BCUT2D eigenvalue weighted by Gasteiger charge is 2.31. The van der Waals surface area contributed by atoms with Crippen LogP contribution in [-0.2, 0) is 22.1 Å². The van der Waals surface area contributed by atoms with E-state index in [1.165, 1.54) is 12.1 Å². The summed E-state index contributed by atoms with van der Waals surface area (Å²) in [5.74, 6) is -1.29. The molecule has 1 atom stereocenters. The molecule has 1 unspecified atom stereocenters. The van der Waals surface area contributed by atoms with Gasteiger partial charge in [0.15, 0.2) is 0 Å². The molecule has 1 aliphatic rings. The summed E-state index contributed by atoms with van der Waals surface area (Å²) in [6, 6.07) is 19.3. The number of halogens is 3. The van der Waals surface area contributed by atoms with Crippen LogP contribution in [0.25, 0.3) is 11.1 Å². The summed E-state index contributed by atoms with van der Waals surface area (Å²) in [7, 11) is 0. The topological polar surface area (TPSA) is 75.6 Å². The molecule has 1 amide bonds. The third-order valence-electron chi connectivity index (χ3n) is 5.85. The summed E-state index contributed by atoms with van der Waals surface area (Å²) in [4.78, 5) is 23.8. The maximum Gasteiger partial charge on any atom is 0.416 e. The predicted molar refractivity (Wildman–Crippen MR) is 119 cm³/mol. The number of ether oxygens (including phenoxy) is 1. The molecule has 0 fully saturated rings. The van der Waals surface area contributed by atoms with Crippen molar-refractivity contribution >= 4 is 12.1 Å². The summed E-state index contributed by atoms with van der Waals surface area (Å²) >= 11 is 0. The van der Waals surface area contributed by atoms with Crippen LogP contribution in [0.3, 0.4) is 0 Å². The first-order valence-corrected chi connectivity index (χ1v) is 10.7. The van der Waals surface area contributed by atoms with E-state index in [1.54, 1.807) is 0 Å². The van der Waals surface area contributed by atoms with Crippen molar-refractivity contribution in [3.05, 3.63) is 95.1 Å². The molecule has 1 aliphatic carbocycles. The van der Waals surface area contributed by atoms with E-state index < -0.39 is 36.3 Å². The van der Waals surface area contributed by atoms with Crippen molar-refractivity contribution in [3.8, 4) is 11.1 Å². The highest BCUT2D eigenvalue weighted by molar-refractivity contribution is 5.79. The van der Waals surface area contributed by atoms with Gasteiger partial charge in [-0.25, -0.2) is 4.79 Å². The molecule has 5 nitrogen and oxygen atoms in total. The fourth-order valence-corrected chi connectivity index (χ4v) is 4.31. The Balaban J connectivity index is 1.41. The van der Waals surface area contributed by atoms with Gasteiger partial charge < -0.3 is 15.2 Å². The lowest BCUT2D eigenvalue weighted by atomic mass is 9.98. The van der Waals surface area contributed by atoms with Crippen molar-refractivity contribution < 1.29 is 32.6 Å². The van der Waals surface area contributed by atoms with Gasteiger partial charge in [-0.3, -0.25) is 4.79 Å². The third-order valence-corrected chi connectivity index (χ3v) is 5.85. The molecule has 8 heteroatoms. The molecule has 0 saturated heterocycles. The van der Waals surface area contributed by atoms with Crippen molar-refractivity contribution in [1.82, 2.24) is 5.32 Å². The van der Waals surface area contributed by atoms with Gasteiger partial charge in [0.2, 0.25) is 0 Å². The fraction of sp³-hybridized carbons (Fsp3) is 0.231. The number of benzene rings is 3. The van der Waals surface area contributed by atoms with Gasteiger partial charge in [0.1, 0.15) is 6.61 Å². The molecule has 4 rings (SSSR count). The number of alkyl carbamates (subject to hydrolysis) is 1. The van der Waals surface area contributed by atoms with E-state index in [2.05, 4.69) is 5.32 Å². The van der Waals surface area contributed by atoms with Gasteiger partial charge >= 0.3 is 18.2 Å². The number of carbonyl (C=O) groups is 2. The second kappa shape index (κ2) is 9.59. The first-order chi connectivity index (χ1) is 16.2. The monoisotopic (exact) mass is 469 g/mol. The van der Waals surface area contributed by atoms with Crippen LogP contribution in [0.1, 0.15) is 34.6 Å². The molecule has 3 aromatic rings. The largest absolute Gasteiger partial charge is 0.481 e. The maximum absolute atomic E-state index is 12.8. The second-order valence-electron chi connectivity index (χ2n) is 8.16. The normalized spacial score (nSPS) is 13.6. The van der Waals surface area contributed by atoms with E-state index in [-0.39, 0.29) is 18.9 Å². The SMILES string of the molecule is O=C(O)CC(Cc1ccc(C(F)(F)F)cc1)NC(=O)OCC1c2ccccc2-c2ccccc21. The molecular weight excluding hydrogens is 447 g/mol. The first-order valence-electron chi connectivity index (χ1n) is 10.7. The Hall–Kier alpha value is -3.81. The van der Waals surface area contributed by atoms with Crippen LogP contribution >= 0.6 is 0 Å². The highest BCUT2D eigenvalue weighted by atomic mass is 19.4. The smallest absolute Gasteiger partial charge is 0.416 e. The lowest BCUT2D eigenvalue weighted by Crippen LogP contribution is -2.39. The average Bonchev–Trinajstić information content (AvgIpc) is 3.11. The molecular formula is C26H22F3NO4. The van der Waals surface area contributed by atoms with Crippen molar-refractivity contribution in [1.29, 1.82) is 0 Å². The Bertz CT molecular complexity index is 1150. The summed E-state index contributed by atoms with van der Waals surface area (Å²) in [5.41, 5.74) is 3.93. The van der Waals surface area contributed by atoms with Crippen molar-refractivity contribution in [2.24, 2.45) is 0 Å². The number of rotatable bonds is 7. The van der Waals surface area contributed by atoms with E-state index in [1.807, 2.05) is 48.5 Å². The molecule has 0 heterocycles. The van der Waals surface area contributed by atoms with Gasteiger partial charge in [0.25, 0.3) is 0 Å². The number of hydrogen-bond donors (Lipinski definition) is 2. The number of carboxylic acid groups (broad SMARTS) is 1. The minimum absolute atomic E-state index is 0.0502. The van der Waals surface area contributed by atoms with Crippen molar-refractivity contribution in [2.75, 3.05) is 6.61 Å². The molecule has 0 radical (unpaired) electrons. The second-order valence-corrected chi connectivity index (χ2v) is 8.16. The van der Waals surface area contributed by atoms with Gasteiger partial charge in [-0.15, -0.1) is 0 Å². The Kier molecular flexibility index (Phi) is 6.58. The van der Waals surface area contributed by atoms with Crippen LogP contribution in [-0.4, -0.2) is 29.8 Å². The van der Waals surface area contributed by atoms with Crippen molar-refractivity contribution in [2.45, 2.75) is 31.0 Å². The van der Waals surface area contributed by atoms with Gasteiger partial charge in [0, 0.05) is 12.0 Å². The molecule has 3 aromatic carbocycles. The molecule has 0 saturated carbocycles. The molecule has 34 heavy (non-hydrogen) atoms. The Labute approximate surface area is 194 Å². The molecule has 0 bridgehead atoms. The lowest BCUT2D eigenvalue weighted by Gasteiger charge is -2.19. The van der Waals surface area contributed by atoms with Crippen LogP contribution in [0.2, 0.25) is 0 Å². The van der Waals surface area contributed by atoms with Gasteiger partial charge in [-0.1, -0.05) is 60.7 Å². The fourth-order valence-electron chi connectivity index (χ4n) is 4.31. The number of hydrogen-bond acceptors (Lipinski definition) is 3. The Morgan fingerprint density at radius 1 is 0.912 bits per heavy atom. The highest BCUT2D eigenvalue weighted by Crippen LogP contribution is 2.44. The number of aliphatic carboxylic acids is 1. The standard InChI is InChI=1S/C26H22F3NO4/c27-26(28,29)17-11-9-16(10-12-17)13-18(14-24(31)32)30-25(33)34-15-23-21-7-3-1-5-19(21)20-6-2-4-8-22(20)23/h1-12,18,23H,13-15H2,(H,30,33)(H,31,32). The summed E-state index contributed by atoms with van der Waals surface area (Å²) in [6.45, 7) is 0.0694. The number of amides is 1. The van der Waals surface area contributed by atoms with Gasteiger partial charge in [-0.05, 0) is 46.4 Å². The van der Waals surface area contributed by atoms with E-state index in [4.69, 9.17) is 4.74 Å². The van der Waals surface area contributed by atoms with Crippen LogP contribution in [0.5, 0.6) is 0 Å². The minimum atomic E-state index is -4.46. The number of alkyl halides is 3. The maximum atomic E-state index is 12.8. The van der Waals surface area contributed by atoms with Crippen LogP contribution in [0.15, 0.2) is 72.8 Å². The molecule has 0 aromatic heterocycles. The predicted octanol–water partition coefficient (Wildman–Crippen LogP) is 5.63. The van der Waals surface area contributed by atoms with Crippen LogP contribution < -0.4 is 5.32 Å². The summed E-state index contributed by atoms with van der Waals surface area (Å²) < 4.78 is 43.8. The van der Waals surface area contributed by atoms with Crippen molar-refractivity contribution in [3.63, 3.8) is 0 Å². The molecule has 0 aliphatic heterocycles. The number of carboxylic acids is 1. The molecule has 176 valence electrons. The average molecular weight is 469 g/mol. The van der Waals surface area contributed by atoms with Crippen LogP contribution in [0.4, 0.5) is 18.0 Å². The zero-order valence-electron chi connectivity index (χ0n) is 18.0. The third kappa shape index (κ3) is 5.22. The van der Waals surface area contributed by atoms with Crippen LogP contribution in [0, 0.1) is 0 Å². The zero-order valence-corrected chi connectivity index (χ0v) is 18.0. The van der Waals surface area contributed by atoms with E-state index in [0.29, 0.717) is 5.56 Å². The first kappa shape index (κ1) is 23.4. The van der Waals surface area contributed by atoms with Gasteiger partial charge in [0.05, 0.1) is 12.0 Å². The van der Waals surface area contributed by atoms with E-state index in [0.717, 1.165) is 34.4 Å². The zero-order chi connectivity index (χ0) is 24.3. The number of carbonyl (C=O) groups excluding carboxylic acids is 1. The van der Waals surface area contributed by atoms with E-state index in [9.17, 15) is 27.9 Å². The number of fused-ring (bicyclic) bond motifs is 3. The summed E-state index contributed by atoms with van der Waals surface area (Å²) in [6.07, 6.45) is -5.58. The quantitative estimate of drug-likeness (QED) is 0.470.